The fraction of sp³-hybridized carbons (Fsp3) is 0.357. The monoisotopic (exact) mass is 276 g/mol. The predicted molar refractivity (Wildman–Crippen MR) is 67.1 cm³/mol. The highest BCUT2D eigenvalue weighted by Crippen LogP contribution is 2.33. The number of halogens is 1. The number of nitriles is 1. The number of benzene rings is 1. The van der Waals surface area contributed by atoms with Crippen LogP contribution in [0.15, 0.2) is 24.3 Å². The number of hydrogen-bond donors (Lipinski definition) is 1. The van der Waals surface area contributed by atoms with Crippen LogP contribution >= 0.6 is 0 Å². The molecule has 1 heterocycles. The van der Waals surface area contributed by atoms with E-state index in [4.69, 9.17) is 5.26 Å². The van der Waals surface area contributed by atoms with Crippen molar-refractivity contribution in [2.24, 2.45) is 5.92 Å². The van der Waals surface area contributed by atoms with Crippen LogP contribution in [0.25, 0.3) is 0 Å². The van der Waals surface area contributed by atoms with Crippen molar-refractivity contribution in [2.45, 2.75) is 12.3 Å². The van der Waals surface area contributed by atoms with Gasteiger partial charge in [-0.25, -0.2) is 4.39 Å². The first-order valence-corrected chi connectivity index (χ1v) is 6.16. The molecule has 0 aromatic heterocycles. The number of amides is 1. The Morgan fingerprint density at radius 1 is 1.35 bits per heavy atom. The Balaban J connectivity index is 2.22. The highest BCUT2D eigenvalue weighted by atomic mass is 19.1. The van der Waals surface area contributed by atoms with E-state index < -0.39 is 17.7 Å². The fourth-order valence-corrected chi connectivity index (χ4v) is 2.48. The van der Waals surface area contributed by atoms with E-state index in [0.29, 0.717) is 5.56 Å². The number of carboxylic acids is 1. The van der Waals surface area contributed by atoms with Crippen LogP contribution in [0.4, 0.5) is 4.39 Å². The van der Waals surface area contributed by atoms with E-state index in [9.17, 15) is 19.1 Å². The maximum Gasteiger partial charge on any atom is 0.308 e. The molecule has 2 atom stereocenters. The number of rotatable bonds is 3. The van der Waals surface area contributed by atoms with E-state index in [1.165, 1.54) is 29.2 Å². The van der Waals surface area contributed by atoms with Crippen LogP contribution in [0, 0.1) is 23.1 Å². The normalized spacial score (nSPS) is 21.5. The van der Waals surface area contributed by atoms with E-state index in [1.807, 2.05) is 0 Å². The third-order valence-corrected chi connectivity index (χ3v) is 3.52. The molecule has 1 amide bonds. The third-order valence-electron chi connectivity index (χ3n) is 3.52. The van der Waals surface area contributed by atoms with Gasteiger partial charge in [-0.05, 0) is 17.7 Å². The molecule has 0 saturated carbocycles. The van der Waals surface area contributed by atoms with Gasteiger partial charge in [0.1, 0.15) is 12.2 Å². The molecule has 0 bridgehead atoms. The third kappa shape index (κ3) is 2.77. The average Bonchev–Trinajstić information content (AvgIpc) is 2.85. The Kier molecular flexibility index (Phi) is 3.99. The molecule has 104 valence electrons. The van der Waals surface area contributed by atoms with E-state index >= 15 is 0 Å². The average molecular weight is 276 g/mol. The lowest BCUT2D eigenvalue weighted by atomic mass is 9.89. The summed E-state index contributed by atoms with van der Waals surface area (Å²) in [6, 6.07) is 7.38. The van der Waals surface area contributed by atoms with Crippen LogP contribution < -0.4 is 0 Å². The number of carbonyl (C=O) groups excluding carboxylic acids is 1. The van der Waals surface area contributed by atoms with Crippen LogP contribution in [-0.2, 0) is 9.59 Å². The Morgan fingerprint density at radius 3 is 2.55 bits per heavy atom. The van der Waals surface area contributed by atoms with E-state index in [-0.39, 0.29) is 31.3 Å². The van der Waals surface area contributed by atoms with E-state index in [1.54, 1.807) is 6.07 Å². The summed E-state index contributed by atoms with van der Waals surface area (Å²) in [5.74, 6) is -2.87. The number of aliphatic carboxylic acids is 1. The summed E-state index contributed by atoms with van der Waals surface area (Å²) in [7, 11) is 0. The predicted octanol–water partition coefficient (Wildman–Crippen LogP) is 1.37. The van der Waals surface area contributed by atoms with Crippen molar-refractivity contribution in [3.05, 3.63) is 35.6 Å². The summed E-state index contributed by atoms with van der Waals surface area (Å²) in [6.07, 6.45) is -0.261. The Labute approximate surface area is 115 Å². The quantitative estimate of drug-likeness (QED) is 0.904. The molecule has 2 rings (SSSR count). The minimum absolute atomic E-state index is 0.0812. The molecule has 1 fully saturated rings. The highest BCUT2D eigenvalue weighted by Gasteiger charge is 2.40. The summed E-state index contributed by atoms with van der Waals surface area (Å²) in [6.45, 7) is 0.320. The minimum atomic E-state index is -0.994. The van der Waals surface area contributed by atoms with Gasteiger partial charge >= 0.3 is 5.97 Å². The highest BCUT2D eigenvalue weighted by molar-refractivity contribution is 5.81. The summed E-state index contributed by atoms with van der Waals surface area (Å²) in [4.78, 5) is 24.4. The second-order valence-corrected chi connectivity index (χ2v) is 4.74. The molecule has 1 aromatic carbocycles. The zero-order valence-corrected chi connectivity index (χ0v) is 10.6. The number of nitrogens with zero attached hydrogens (tertiary/aromatic N) is 2. The molecule has 6 heteroatoms. The van der Waals surface area contributed by atoms with Crippen molar-refractivity contribution in [1.82, 2.24) is 4.90 Å². The van der Waals surface area contributed by atoms with Crippen molar-refractivity contribution in [3.8, 4) is 6.07 Å². The fourth-order valence-electron chi connectivity index (χ4n) is 2.48. The molecule has 1 aromatic rings. The number of hydrogen-bond acceptors (Lipinski definition) is 3. The maximum atomic E-state index is 12.9. The SMILES string of the molecule is N#CCC(=O)N1C[C@@H](C(=O)O)[C@H](c2ccc(F)cc2)C1. The second kappa shape index (κ2) is 5.70. The van der Waals surface area contributed by atoms with Crippen LogP contribution in [0.3, 0.4) is 0 Å². The van der Waals surface area contributed by atoms with Crippen LogP contribution in [0.5, 0.6) is 0 Å². The molecule has 5 nitrogen and oxygen atoms in total. The molecular formula is C14H13FN2O3. The van der Waals surface area contributed by atoms with E-state index in [2.05, 4.69) is 0 Å². The van der Waals surface area contributed by atoms with Gasteiger partial charge in [0.15, 0.2) is 0 Å². The summed E-state index contributed by atoms with van der Waals surface area (Å²) < 4.78 is 12.9. The van der Waals surface area contributed by atoms with Gasteiger partial charge in [-0.15, -0.1) is 0 Å². The molecule has 1 aliphatic heterocycles. The zero-order chi connectivity index (χ0) is 14.7. The number of carbonyl (C=O) groups is 2. The van der Waals surface area contributed by atoms with Crippen molar-refractivity contribution < 1.29 is 19.1 Å². The van der Waals surface area contributed by atoms with Gasteiger partial charge in [-0.2, -0.15) is 5.26 Å². The summed E-state index contributed by atoms with van der Waals surface area (Å²) >= 11 is 0. The van der Waals surface area contributed by atoms with Gasteiger partial charge in [-0.3, -0.25) is 9.59 Å². The molecule has 1 aliphatic rings. The van der Waals surface area contributed by atoms with Crippen LogP contribution in [0.1, 0.15) is 17.9 Å². The molecule has 0 radical (unpaired) electrons. The Morgan fingerprint density at radius 2 is 2.00 bits per heavy atom. The molecule has 1 N–H and O–H groups in total. The molecule has 1 saturated heterocycles. The topological polar surface area (TPSA) is 81.4 Å². The molecule has 0 aliphatic carbocycles. The number of likely N-dealkylation sites (tertiary alicyclic amines) is 1. The second-order valence-electron chi connectivity index (χ2n) is 4.74. The van der Waals surface area contributed by atoms with Crippen molar-refractivity contribution in [1.29, 1.82) is 5.26 Å². The lowest BCUT2D eigenvalue weighted by Crippen LogP contribution is -2.29. The first-order chi connectivity index (χ1) is 9.52. The minimum Gasteiger partial charge on any atom is -0.481 e. The number of carboxylic acid groups (broad SMARTS) is 1. The summed E-state index contributed by atoms with van der Waals surface area (Å²) in [5.41, 5.74) is 0.686. The maximum absolute atomic E-state index is 12.9. The Bertz CT molecular complexity index is 565. The van der Waals surface area contributed by atoms with Crippen molar-refractivity contribution >= 4 is 11.9 Å². The first kappa shape index (κ1) is 14.0. The van der Waals surface area contributed by atoms with Gasteiger partial charge in [-0.1, -0.05) is 12.1 Å². The first-order valence-electron chi connectivity index (χ1n) is 6.16. The van der Waals surface area contributed by atoms with Gasteiger partial charge in [0.25, 0.3) is 0 Å². The van der Waals surface area contributed by atoms with Gasteiger partial charge in [0, 0.05) is 19.0 Å². The van der Waals surface area contributed by atoms with E-state index in [0.717, 1.165) is 0 Å². The molecule has 20 heavy (non-hydrogen) atoms. The van der Waals surface area contributed by atoms with Crippen molar-refractivity contribution in [3.63, 3.8) is 0 Å². The molecule has 0 spiro atoms. The lowest BCUT2D eigenvalue weighted by Gasteiger charge is -2.15. The molecular weight excluding hydrogens is 263 g/mol. The van der Waals surface area contributed by atoms with Gasteiger partial charge < -0.3 is 10.0 Å². The zero-order valence-electron chi connectivity index (χ0n) is 10.6. The lowest BCUT2D eigenvalue weighted by molar-refractivity contribution is -0.141. The summed E-state index contributed by atoms with van der Waals surface area (Å²) in [5, 5.41) is 17.8. The molecule has 0 unspecified atom stereocenters. The largest absolute Gasteiger partial charge is 0.481 e. The smallest absolute Gasteiger partial charge is 0.308 e. The van der Waals surface area contributed by atoms with Crippen LogP contribution in [0.2, 0.25) is 0 Å². The van der Waals surface area contributed by atoms with Crippen LogP contribution in [-0.4, -0.2) is 35.0 Å². The van der Waals surface area contributed by atoms with Crippen molar-refractivity contribution in [2.75, 3.05) is 13.1 Å². The van der Waals surface area contributed by atoms with Gasteiger partial charge in [0.2, 0.25) is 5.91 Å². The van der Waals surface area contributed by atoms with Gasteiger partial charge in [0.05, 0.1) is 12.0 Å². The standard InChI is InChI=1S/C14H13FN2O3/c15-10-3-1-9(2-4-10)11-7-17(13(18)5-6-16)8-12(11)14(19)20/h1-4,11-12H,5,7-8H2,(H,19,20)/t11-,12+/m0/s1. The Hall–Kier alpha value is -2.42.